The van der Waals surface area contributed by atoms with Crippen LogP contribution in [0.15, 0.2) is 48.5 Å². The maximum Gasteiger partial charge on any atom is 0.348 e. The molecule has 2 amide bonds. The molecule has 4 aliphatic carbocycles. The largest absolute Gasteiger partial charge is 0.469 e. The van der Waals surface area contributed by atoms with E-state index < -0.39 is 16.0 Å². The second-order valence-electron chi connectivity index (χ2n) is 13.4. The minimum atomic E-state index is -3.52. The number of carbonyl (C=O) groups excluding carboxylic acids is 2. The molecule has 1 saturated heterocycles. The van der Waals surface area contributed by atoms with E-state index in [9.17, 15) is 23.2 Å². The quantitative estimate of drug-likeness (QED) is 0.272. The Labute approximate surface area is 265 Å². The molecule has 2 aromatic carbocycles. The van der Waals surface area contributed by atoms with Crippen LogP contribution in [-0.4, -0.2) is 93.2 Å². The third kappa shape index (κ3) is 5.76. The van der Waals surface area contributed by atoms with Crippen LogP contribution in [-0.2, 0) is 19.6 Å². The van der Waals surface area contributed by atoms with Gasteiger partial charge in [-0.25, -0.2) is 18.3 Å². The summed E-state index contributed by atoms with van der Waals surface area (Å²) in [4.78, 5) is 31.4. The van der Waals surface area contributed by atoms with Crippen molar-refractivity contribution in [3.05, 3.63) is 48.5 Å². The van der Waals surface area contributed by atoms with E-state index in [0.717, 1.165) is 65.3 Å². The predicted molar refractivity (Wildman–Crippen MR) is 171 cm³/mol. The molecule has 1 N–H and O–H groups in total. The lowest BCUT2D eigenvalue weighted by Gasteiger charge is -2.56. The fourth-order valence-corrected chi connectivity index (χ4v) is 10.3. The highest BCUT2D eigenvalue weighted by molar-refractivity contribution is 7.89. The molecule has 4 saturated carbocycles. The third-order valence-electron chi connectivity index (χ3n) is 10.8. The lowest BCUT2D eigenvalue weighted by Crippen LogP contribution is -2.59. The van der Waals surface area contributed by atoms with E-state index in [0.29, 0.717) is 51.1 Å². The molecule has 12 heteroatoms. The van der Waals surface area contributed by atoms with Gasteiger partial charge >= 0.3 is 12.0 Å². The van der Waals surface area contributed by atoms with Gasteiger partial charge in [-0.1, -0.05) is 12.1 Å². The molecule has 0 radical (unpaired) electrons. The van der Waals surface area contributed by atoms with E-state index in [4.69, 9.17) is 0 Å². The fourth-order valence-electron chi connectivity index (χ4n) is 8.89. The van der Waals surface area contributed by atoms with Crippen LogP contribution in [0.1, 0.15) is 38.5 Å². The highest BCUT2D eigenvalue weighted by Crippen LogP contribution is 2.55. The highest BCUT2D eigenvalue weighted by Gasteiger charge is 2.52. The van der Waals surface area contributed by atoms with E-state index in [2.05, 4.69) is 38.8 Å². The minimum Gasteiger partial charge on any atom is -0.469 e. The number of urea groups is 1. The Morgan fingerprint density at radius 1 is 0.822 bits per heavy atom. The number of para-hydroxylation sites is 2. The number of nitrogens with zero attached hydrogens (tertiary/aromatic N) is 5. The van der Waals surface area contributed by atoms with Gasteiger partial charge < -0.3 is 14.5 Å². The van der Waals surface area contributed by atoms with Crippen LogP contribution in [0.3, 0.4) is 0 Å². The van der Waals surface area contributed by atoms with Gasteiger partial charge in [0.2, 0.25) is 10.0 Å². The number of ether oxygens (including phenoxy) is 1. The molecule has 0 spiro atoms. The zero-order valence-corrected chi connectivity index (χ0v) is 26.6. The van der Waals surface area contributed by atoms with Crippen LogP contribution in [0.5, 0.6) is 0 Å². The van der Waals surface area contributed by atoms with Crippen molar-refractivity contribution >= 4 is 44.8 Å². The summed E-state index contributed by atoms with van der Waals surface area (Å²) >= 11 is 0. The third-order valence-corrected chi connectivity index (χ3v) is 12.7. The molecule has 0 unspecified atom stereocenters. The lowest BCUT2D eigenvalue weighted by molar-refractivity contribution is -0.160. The average molecular weight is 638 g/mol. The summed E-state index contributed by atoms with van der Waals surface area (Å²) in [6.45, 7) is 2.90. The fraction of sp³-hybridized carbons (Fsp3) is 0.576. The normalized spacial score (nSPS) is 27.8. The molecular weight excluding hydrogens is 594 g/mol. The number of carbonyl (C=O) groups is 2. The number of piperazine rings is 1. The first kappa shape index (κ1) is 30.3. The topological polar surface area (TPSA) is 114 Å². The summed E-state index contributed by atoms with van der Waals surface area (Å²) < 4.78 is 31.4. The maximum absolute atomic E-state index is 13.8. The molecule has 8 rings (SSSR count). The van der Waals surface area contributed by atoms with Crippen LogP contribution in [0.4, 0.5) is 27.5 Å². The predicted octanol–water partition coefficient (Wildman–Crippen LogP) is 4.30. The summed E-state index contributed by atoms with van der Waals surface area (Å²) in [6.07, 6.45) is 5.72. The Kier molecular flexibility index (Phi) is 8.16. The van der Waals surface area contributed by atoms with Gasteiger partial charge in [0.05, 0.1) is 36.7 Å². The maximum atomic E-state index is 13.8. The number of sulfonamides is 1. The molecule has 4 bridgehead atoms. The van der Waals surface area contributed by atoms with Gasteiger partial charge in [-0.2, -0.15) is 4.31 Å². The highest BCUT2D eigenvalue weighted by atomic mass is 32.2. The summed E-state index contributed by atoms with van der Waals surface area (Å²) in [7, 11) is -2.26. The zero-order chi connectivity index (χ0) is 31.3. The molecule has 45 heavy (non-hydrogen) atoms. The first-order valence-corrected chi connectivity index (χ1v) is 17.9. The lowest BCUT2D eigenvalue weighted by atomic mass is 9.54. The van der Waals surface area contributed by atoms with Gasteiger partial charge in [-0.05, 0) is 92.2 Å². The van der Waals surface area contributed by atoms with Crippen LogP contribution in [0, 0.1) is 23.7 Å². The molecule has 0 aromatic heterocycles. The number of rotatable bonds is 7. The molecule has 6 aliphatic rings. The van der Waals surface area contributed by atoms with Crippen molar-refractivity contribution < 1.29 is 28.0 Å². The number of hydrogen-bond acceptors (Lipinski definition) is 8. The summed E-state index contributed by atoms with van der Waals surface area (Å²) in [5.41, 5.74) is 3.74. The number of methoxy groups -OCH3 is 1. The Morgan fingerprint density at radius 3 is 2.04 bits per heavy atom. The number of esters is 1. The first-order chi connectivity index (χ1) is 21.7. The SMILES string of the molecule is COC(=O)CCS(=O)(=O)N1CCN(c2ccc(N3CCN(C(=O)N(O)C4C5CC6CC(C5)CC4C6)c4ccccc43)cc2)CC1. The zero-order valence-electron chi connectivity index (χ0n) is 25.8. The standard InChI is InChI=1S/C33H43N5O6S/c1-44-31(39)10-17-45(42,43)35-13-11-34(12-14-35)27-6-8-28(9-7-27)36-15-16-37(30-5-3-2-4-29(30)36)33(40)38(41)32-25-19-23-18-24(21-25)22-26(32)20-23/h2-9,23-26,32,41H,10-22H2,1H3. The number of hydrogen-bond donors (Lipinski definition) is 1. The van der Waals surface area contributed by atoms with Gasteiger partial charge in [-0.3, -0.25) is 14.9 Å². The molecule has 2 heterocycles. The average Bonchev–Trinajstić information content (AvgIpc) is 3.06. The number of benzene rings is 2. The Hall–Kier alpha value is -3.35. The van der Waals surface area contributed by atoms with Crippen LogP contribution in [0.25, 0.3) is 0 Å². The van der Waals surface area contributed by atoms with Crippen molar-refractivity contribution in [3.8, 4) is 0 Å². The van der Waals surface area contributed by atoms with Crippen molar-refractivity contribution in [1.29, 1.82) is 0 Å². The van der Waals surface area contributed by atoms with Crippen molar-refractivity contribution in [1.82, 2.24) is 9.37 Å². The number of anilines is 4. The molecule has 2 aliphatic heterocycles. The molecule has 11 nitrogen and oxygen atoms in total. The molecular formula is C33H43N5O6S. The Bertz CT molecular complexity index is 1500. The van der Waals surface area contributed by atoms with E-state index in [1.54, 1.807) is 4.90 Å². The van der Waals surface area contributed by atoms with Crippen LogP contribution >= 0.6 is 0 Å². The van der Waals surface area contributed by atoms with Crippen LogP contribution < -0.4 is 14.7 Å². The molecule has 5 fully saturated rings. The first-order valence-electron chi connectivity index (χ1n) is 16.3. The Morgan fingerprint density at radius 2 is 1.42 bits per heavy atom. The second-order valence-corrected chi connectivity index (χ2v) is 15.5. The smallest absolute Gasteiger partial charge is 0.348 e. The monoisotopic (exact) mass is 637 g/mol. The van der Waals surface area contributed by atoms with Crippen molar-refractivity contribution in [2.75, 3.05) is 66.8 Å². The van der Waals surface area contributed by atoms with Crippen molar-refractivity contribution in [3.63, 3.8) is 0 Å². The Balaban J connectivity index is 1.01. The van der Waals surface area contributed by atoms with Gasteiger partial charge in [-0.15, -0.1) is 0 Å². The molecule has 242 valence electrons. The molecule has 0 atom stereocenters. The van der Waals surface area contributed by atoms with Gasteiger partial charge in [0.25, 0.3) is 0 Å². The van der Waals surface area contributed by atoms with E-state index in [-0.39, 0.29) is 24.2 Å². The number of hydroxylamine groups is 2. The van der Waals surface area contributed by atoms with E-state index >= 15 is 0 Å². The van der Waals surface area contributed by atoms with Gasteiger partial charge in [0.15, 0.2) is 0 Å². The van der Waals surface area contributed by atoms with Crippen molar-refractivity contribution in [2.45, 2.75) is 44.6 Å². The summed E-state index contributed by atoms with van der Waals surface area (Å²) in [5, 5.41) is 12.4. The van der Waals surface area contributed by atoms with Gasteiger partial charge in [0.1, 0.15) is 0 Å². The summed E-state index contributed by atoms with van der Waals surface area (Å²) in [5.74, 6) is 1.59. The second kappa shape index (κ2) is 12.1. The van der Waals surface area contributed by atoms with E-state index in [1.165, 1.54) is 17.8 Å². The van der Waals surface area contributed by atoms with Crippen molar-refractivity contribution in [2.24, 2.45) is 23.7 Å². The summed E-state index contributed by atoms with van der Waals surface area (Å²) in [6, 6.07) is 15.7. The molecule has 2 aromatic rings. The number of fused-ring (bicyclic) bond motifs is 1. The van der Waals surface area contributed by atoms with Gasteiger partial charge in [0, 0.05) is 50.6 Å². The number of amides is 2. The van der Waals surface area contributed by atoms with E-state index in [1.807, 2.05) is 24.3 Å². The minimum absolute atomic E-state index is 0.0788. The van der Waals surface area contributed by atoms with Crippen LogP contribution in [0.2, 0.25) is 0 Å².